The topological polar surface area (TPSA) is 81.9 Å². The molecule has 30 heavy (non-hydrogen) atoms. The van der Waals surface area contributed by atoms with Gasteiger partial charge in [0.05, 0.1) is 6.54 Å². The van der Waals surface area contributed by atoms with Crippen molar-refractivity contribution in [1.29, 1.82) is 0 Å². The second-order valence-electron chi connectivity index (χ2n) is 7.34. The molecule has 0 aliphatic carbocycles. The van der Waals surface area contributed by atoms with E-state index in [2.05, 4.69) is 15.1 Å². The maximum Gasteiger partial charge on any atom is 0.253 e. The number of hydrogen-bond acceptors (Lipinski definition) is 7. The molecule has 0 fully saturated rings. The van der Waals surface area contributed by atoms with Crippen molar-refractivity contribution >= 4 is 23.4 Å². The number of likely N-dealkylation sites (N-methyl/N-ethyl adjacent to an activating group) is 1. The van der Waals surface area contributed by atoms with Crippen LogP contribution in [0.15, 0.2) is 29.4 Å². The average Bonchev–Trinajstić information content (AvgIpc) is 3.16. The van der Waals surface area contributed by atoms with Crippen LogP contribution in [0.25, 0.3) is 5.78 Å². The SMILES string of the molecule is CSc1nc2nc(C)c(CCC(=O)N(C)C[C@H]3COc4ccccc4O3)c(C)n2n1. The fourth-order valence-corrected chi connectivity index (χ4v) is 3.96. The van der Waals surface area contributed by atoms with Crippen LogP contribution < -0.4 is 9.47 Å². The van der Waals surface area contributed by atoms with E-state index in [0.29, 0.717) is 36.9 Å². The average molecular weight is 428 g/mol. The molecule has 4 rings (SSSR count). The number of carbonyl (C=O) groups excluding carboxylic acids is 1. The van der Waals surface area contributed by atoms with Crippen LogP contribution in [0.1, 0.15) is 23.4 Å². The largest absolute Gasteiger partial charge is 0.486 e. The van der Waals surface area contributed by atoms with Crippen LogP contribution in [0.3, 0.4) is 0 Å². The molecule has 158 valence electrons. The molecule has 0 radical (unpaired) electrons. The van der Waals surface area contributed by atoms with E-state index in [1.165, 1.54) is 11.8 Å². The molecule has 1 amide bonds. The van der Waals surface area contributed by atoms with Crippen molar-refractivity contribution in [3.63, 3.8) is 0 Å². The number of benzene rings is 1. The molecular weight excluding hydrogens is 402 g/mol. The van der Waals surface area contributed by atoms with Crippen molar-refractivity contribution in [2.75, 3.05) is 26.5 Å². The third-order valence-electron chi connectivity index (χ3n) is 5.27. The van der Waals surface area contributed by atoms with E-state index in [1.54, 1.807) is 16.5 Å². The van der Waals surface area contributed by atoms with Gasteiger partial charge in [-0.25, -0.2) is 9.50 Å². The van der Waals surface area contributed by atoms with Gasteiger partial charge in [0.1, 0.15) is 6.61 Å². The quantitative estimate of drug-likeness (QED) is 0.560. The van der Waals surface area contributed by atoms with Crippen LogP contribution >= 0.6 is 11.8 Å². The van der Waals surface area contributed by atoms with Crippen molar-refractivity contribution in [3.8, 4) is 11.5 Å². The Hall–Kier alpha value is -2.81. The molecule has 2 aromatic heterocycles. The predicted octanol–water partition coefficient (Wildman–Crippen LogP) is 2.69. The van der Waals surface area contributed by atoms with Gasteiger partial charge in [-0.1, -0.05) is 23.9 Å². The zero-order valence-corrected chi connectivity index (χ0v) is 18.4. The lowest BCUT2D eigenvalue weighted by atomic mass is 10.1. The van der Waals surface area contributed by atoms with E-state index in [1.807, 2.05) is 44.4 Å². The Morgan fingerprint density at radius 3 is 2.80 bits per heavy atom. The molecule has 0 N–H and O–H groups in total. The summed E-state index contributed by atoms with van der Waals surface area (Å²) in [5.74, 6) is 2.11. The zero-order valence-electron chi connectivity index (χ0n) is 17.6. The second kappa shape index (κ2) is 8.51. The number of aryl methyl sites for hydroxylation is 2. The maximum atomic E-state index is 12.7. The smallest absolute Gasteiger partial charge is 0.253 e. The maximum absolute atomic E-state index is 12.7. The molecule has 0 spiro atoms. The third-order valence-corrected chi connectivity index (χ3v) is 5.81. The van der Waals surface area contributed by atoms with Crippen molar-refractivity contribution in [3.05, 3.63) is 41.2 Å². The van der Waals surface area contributed by atoms with E-state index < -0.39 is 0 Å². The van der Waals surface area contributed by atoms with Gasteiger partial charge in [0, 0.05) is 24.9 Å². The Balaban J connectivity index is 1.38. The van der Waals surface area contributed by atoms with E-state index >= 15 is 0 Å². The van der Waals surface area contributed by atoms with Gasteiger partial charge in [-0.15, -0.1) is 5.10 Å². The fraction of sp³-hybridized carbons (Fsp3) is 0.429. The van der Waals surface area contributed by atoms with Crippen LogP contribution in [-0.2, 0) is 11.2 Å². The highest BCUT2D eigenvalue weighted by Crippen LogP contribution is 2.31. The normalized spacial score (nSPS) is 15.4. The lowest BCUT2D eigenvalue weighted by molar-refractivity contribution is -0.131. The summed E-state index contributed by atoms with van der Waals surface area (Å²) in [6, 6.07) is 7.58. The highest BCUT2D eigenvalue weighted by Gasteiger charge is 2.24. The number of rotatable bonds is 6. The molecule has 0 saturated heterocycles. The zero-order chi connectivity index (χ0) is 21.3. The number of carbonyl (C=O) groups is 1. The van der Waals surface area contributed by atoms with E-state index in [4.69, 9.17) is 9.47 Å². The Morgan fingerprint density at radius 1 is 1.27 bits per heavy atom. The summed E-state index contributed by atoms with van der Waals surface area (Å²) in [7, 11) is 1.80. The molecule has 8 nitrogen and oxygen atoms in total. The Bertz CT molecular complexity index is 1080. The molecular formula is C21H25N5O3S. The molecule has 0 saturated carbocycles. The molecule has 0 unspecified atom stereocenters. The number of para-hydroxylation sites is 2. The lowest BCUT2D eigenvalue weighted by Crippen LogP contribution is -2.41. The molecule has 1 aliphatic rings. The first-order valence-corrected chi connectivity index (χ1v) is 11.1. The molecule has 9 heteroatoms. The molecule has 3 heterocycles. The summed E-state index contributed by atoms with van der Waals surface area (Å²) in [6.07, 6.45) is 2.74. The lowest BCUT2D eigenvalue weighted by Gasteiger charge is -2.29. The van der Waals surface area contributed by atoms with Gasteiger partial charge in [-0.05, 0) is 44.2 Å². The van der Waals surface area contributed by atoms with Crippen molar-refractivity contribution < 1.29 is 14.3 Å². The number of thioether (sulfide) groups is 1. The van der Waals surface area contributed by atoms with E-state index in [-0.39, 0.29) is 12.0 Å². The van der Waals surface area contributed by atoms with Gasteiger partial charge in [0.25, 0.3) is 5.78 Å². The summed E-state index contributed by atoms with van der Waals surface area (Å²) in [6.45, 7) is 4.85. The summed E-state index contributed by atoms with van der Waals surface area (Å²) < 4.78 is 13.5. The molecule has 1 aromatic carbocycles. The molecule has 1 aliphatic heterocycles. The highest BCUT2D eigenvalue weighted by atomic mass is 32.2. The molecule has 3 aromatic rings. The third kappa shape index (κ3) is 4.07. The number of hydrogen-bond donors (Lipinski definition) is 0. The number of ether oxygens (including phenoxy) is 2. The van der Waals surface area contributed by atoms with Crippen LogP contribution in [0, 0.1) is 13.8 Å². The van der Waals surface area contributed by atoms with E-state index in [0.717, 1.165) is 28.5 Å². The minimum absolute atomic E-state index is 0.0553. The van der Waals surface area contributed by atoms with Gasteiger partial charge >= 0.3 is 0 Å². The van der Waals surface area contributed by atoms with Crippen molar-refractivity contribution in [1.82, 2.24) is 24.5 Å². The number of amides is 1. The summed E-state index contributed by atoms with van der Waals surface area (Å²) in [5.41, 5.74) is 2.89. The molecule has 0 bridgehead atoms. The van der Waals surface area contributed by atoms with Crippen LogP contribution in [0.4, 0.5) is 0 Å². The number of fused-ring (bicyclic) bond motifs is 2. The van der Waals surface area contributed by atoms with Crippen LogP contribution in [-0.4, -0.2) is 62.9 Å². The van der Waals surface area contributed by atoms with Crippen molar-refractivity contribution in [2.45, 2.75) is 37.9 Å². The van der Waals surface area contributed by atoms with Gasteiger partial charge < -0.3 is 14.4 Å². The second-order valence-corrected chi connectivity index (χ2v) is 8.12. The first kappa shape index (κ1) is 20.5. The molecule has 1 atom stereocenters. The minimum Gasteiger partial charge on any atom is -0.486 e. The summed E-state index contributed by atoms with van der Waals surface area (Å²) in [4.78, 5) is 23.4. The highest BCUT2D eigenvalue weighted by molar-refractivity contribution is 7.98. The van der Waals surface area contributed by atoms with Crippen LogP contribution in [0.5, 0.6) is 11.5 Å². The number of aromatic nitrogens is 4. The van der Waals surface area contributed by atoms with Gasteiger partial charge in [0.15, 0.2) is 17.6 Å². The first-order chi connectivity index (χ1) is 14.5. The Morgan fingerprint density at radius 2 is 2.03 bits per heavy atom. The predicted molar refractivity (Wildman–Crippen MR) is 114 cm³/mol. The van der Waals surface area contributed by atoms with Crippen molar-refractivity contribution in [2.24, 2.45) is 0 Å². The monoisotopic (exact) mass is 427 g/mol. The van der Waals surface area contributed by atoms with E-state index in [9.17, 15) is 4.79 Å². The Kier molecular flexibility index (Phi) is 5.80. The fourth-order valence-electron chi connectivity index (χ4n) is 3.62. The van der Waals surface area contributed by atoms with Gasteiger partial charge in [-0.2, -0.15) is 4.98 Å². The van der Waals surface area contributed by atoms with Gasteiger partial charge in [-0.3, -0.25) is 4.79 Å². The number of nitrogens with zero attached hydrogens (tertiary/aromatic N) is 5. The van der Waals surface area contributed by atoms with Gasteiger partial charge in [0.2, 0.25) is 11.1 Å². The first-order valence-electron chi connectivity index (χ1n) is 9.85. The summed E-state index contributed by atoms with van der Waals surface area (Å²) in [5, 5.41) is 5.16. The van der Waals surface area contributed by atoms with Crippen LogP contribution in [0.2, 0.25) is 0 Å². The summed E-state index contributed by atoms with van der Waals surface area (Å²) >= 11 is 1.48. The standard InChI is InChI=1S/C21H25N5O3S/c1-13-16(14(2)26-20(22-13)23-21(24-26)30-4)9-10-19(27)25(3)11-15-12-28-17-7-5-6-8-18(17)29-15/h5-8,15H,9-12H2,1-4H3/t15-/m0/s1. The Labute approximate surface area is 179 Å². The minimum atomic E-state index is -0.185.